The van der Waals surface area contributed by atoms with E-state index in [-0.39, 0.29) is 12.3 Å². The summed E-state index contributed by atoms with van der Waals surface area (Å²) in [6.07, 6.45) is 5.28. The van der Waals surface area contributed by atoms with E-state index in [0.717, 1.165) is 5.56 Å². The lowest BCUT2D eigenvalue weighted by molar-refractivity contribution is -0.122. The number of carbonyl (C=O) groups is 1. The van der Waals surface area contributed by atoms with Crippen LogP contribution in [0.25, 0.3) is 0 Å². The molecule has 4 heteroatoms. The molecule has 0 fully saturated rings. The van der Waals surface area contributed by atoms with Crippen LogP contribution >= 0.6 is 0 Å². The van der Waals surface area contributed by atoms with Crippen molar-refractivity contribution < 1.29 is 4.79 Å². The number of nitrogens with two attached hydrogens (primary N) is 1. The van der Waals surface area contributed by atoms with Crippen molar-refractivity contribution in [3.8, 4) is 18.4 Å². The van der Waals surface area contributed by atoms with Crippen LogP contribution in [0.15, 0.2) is 24.3 Å². The number of nitrogens with one attached hydrogen (secondary N) is 1. The van der Waals surface area contributed by atoms with Crippen LogP contribution in [-0.4, -0.2) is 11.9 Å². The number of hydrogen-bond donors (Lipinski definition) is 2. The Labute approximate surface area is 100 Å². The first kappa shape index (κ1) is 12.8. The molecule has 3 N–H and O–H groups in total. The maximum Gasteiger partial charge on any atom is 0.238 e. The van der Waals surface area contributed by atoms with Crippen LogP contribution in [0, 0.1) is 23.7 Å². The van der Waals surface area contributed by atoms with Gasteiger partial charge < -0.3 is 11.1 Å². The van der Waals surface area contributed by atoms with Gasteiger partial charge >= 0.3 is 0 Å². The van der Waals surface area contributed by atoms with Crippen molar-refractivity contribution >= 4 is 5.91 Å². The Bertz CT molecular complexity index is 482. The monoisotopic (exact) mass is 227 g/mol. The third kappa shape index (κ3) is 3.98. The van der Waals surface area contributed by atoms with Gasteiger partial charge in [0, 0.05) is 13.0 Å². The van der Waals surface area contributed by atoms with Gasteiger partial charge in [-0.1, -0.05) is 12.1 Å². The zero-order valence-corrected chi connectivity index (χ0v) is 9.31. The smallest absolute Gasteiger partial charge is 0.238 e. The molecule has 0 aromatic heterocycles. The van der Waals surface area contributed by atoms with E-state index in [1.807, 2.05) is 12.1 Å². The van der Waals surface area contributed by atoms with Gasteiger partial charge in [0.2, 0.25) is 5.91 Å². The van der Waals surface area contributed by atoms with E-state index in [4.69, 9.17) is 17.4 Å². The van der Waals surface area contributed by atoms with Crippen molar-refractivity contribution in [3.63, 3.8) is 0 Å². The highest BCUT2D eigenvalue weighted by Crippen LogP contribution is 2.03. The quantitative estimate of drug-likeness (QED) is 0.736. The predicted molar refractivity (Wildman–Crippen MR) is 64.4 cm³/mol. The van der Waals surface area contributed by atoms with Crippen molar-refractivity contribution in [2.24, 2.45) is 5.73 Å². The summed E-state index contributed by atoms with van der Waals surface area (Å²) in [5.41, 5.74) is 6.95. The maximum atomic E-state index is 11.5. The van der Waals surface area contributed by atoms with Crippen molar-refractivity contribution in [2.75, 3.05) is 0 Å². The molecule has 1 amide bonds. The molecule has 0 saturated carbocycles. The second kappa shape index (κ2) is 6.32. The standard InChI is InChI=1S/C13H13N3O/c1-2-4-12(15)13(17)16-9-11-6-3-5-10(7-11)8-14/h1,3,5-7,12H,4,9,15H2,(H,16,17). The summed E-state index contributed by atoms with van der Waals surface area (Å²) < 4.78 is 0. The molecule has 0 spiro atoms. The van der Waals surface area contributed by atoms with E-state index >= 15 is 0 Å². The van der Waals surface area contributed by atoms with E-state index in [9.17, 15) is 4.79 Å². The molecular formula is C13H13N3O. The molecule has 1 aromatic rings. The summed E-state index contributed by atoms with van der Waals surface area (Å²) in [7, 11) is 0. The summed E-state index contributed by atoms with van der Waals surface area (Å²) >= 11 is 0. The first-order valence-electron chi connectivity index (χ1n) is 5.13. The number of benzene rings is 1. The lowest BCUT2D eigenvalue weighted by Gasteiger charge is -2.09. The molecule has 0 aliphatic rings. The van der Waals surface area contributed by atoms with E-state index in [1.165, 1.54) is 0 Å². The van der Waals surface area contributed by atoms with Gasteiger partial charge in [-0.15, -0.1) is 12.3 Å². The molecule has 86 valence electrons. The van der Waals surface area contributed by atoms with Crippen LogP contribution in [-0.2, 0) is 11.3 Å². The van der Waals surface area contributed by atoms with Gasteiger partial charge in [-0.25, -0.2) is 0 Å². The number of carbonyl (C=O) groups excluding carboxylic acids is 1. The average molecular weight is 227 g/mol. The predicted octanol–water partition coefficient (Wildman–Crippen LogP) is 0.525. The molecule has 17 heavy (non-hydrogen) atoms. The van der Waals surface area contributed by atoms with Gasteiger partial charge in [-0.05, 0) is 17.7 Å². The van der Waals surface area contributed by atoms with Gasteiger partial charge in [0.1, 0.15) is 0 Å². The molecule has 0 bridgehead atoms. The van der Waals surface area contributed by atoms with E-state index in [0.29, 0.717) is 12.1 Å². The first-order valence-corrected chi connectivity index (χ1v) is 5.13. The number of hydrogen-bond acceptors (Lipinski definition) is 3. The molecular weight excluding hydrogens is 214 g/mol. The molecule has 1 atom stereocenters. The minimum atomic E-state index is -0.681. The van der Waals surface area contributed by atoms with Gasteiger partial charge in [0.15, 0.2) is 0 Å². The summed E-state index contributed by atoms with van der Waals surface area (Å²) in [4.78, 5) is 11.5. The molecule has 0 radical (unpaired) electrons. The minimum Gasteiger partial charge on any atom is -0.351 e. The Kier molecular flexibility index (Phi) is 4.75. The Hall–Kier alpha value is -2.30. The largest absolute Gasteiger partial charge is 0.351 e. The number of amides is 1. The van der Waals surface area contributed by atoms with E-state index < -0.39 is 6.04 Å². The highest BCUT2D eigenvalue weighted by atomic mass is 16.2. The number of terminal acetylenes is 1. The zero-order valence-electron chi connectivity index (χ0n) is 9.31. The molecule has 1 rings (SSSR count). The highest BCUT2D eigenvalue weighted by molar-refractivity contribution is 5.81. The van der Waals surface area contributed by atoms with Gasteiger partial charge in [-0.2, -0.15) is 5.26 Å². The summed E-state index contributed by atoms with van der Waals surface area (Å²) in [5, 5.41) is 11.4. The Balaban J connectivity index is 2.54. The Morgan fingerprint density at radius 1 is 1.59 bits per heavy atom. The van der Waals surface area contributed by atoms with Crippen LogP contribution in [0.4, 0.5) is 0 Å². The van der Waals surface area contributed by atoms with Crippen molar-refractivity contribution in [3.05, 3.63) is 35.4 Å². The number of nitrogens with zero attached hydrogens (tertiary/aromatic N) is 1. The van der Waals surface area contributed by atoms with E-state index in [1.54, 1.807) is 18.2 Å². The average Bonchev–Trinajstić information content (AvgIpc) is 2.36. The Morgan fingerprint density at radius 2 is 2.35 bits per heavy atom. The molecule has 0 aliphatic heterocycles. The molecule has 4 nitrogen and oxygen atoms in total. The summed E-state index contributed by atoms with van der Waals surface area (Å²) in [5.74, 6) is 2.05. The van der Waals surface area contributed by atoms with Crippen molar-refractivity contribution in [1.29, 1.82) is 5.26 Å². The second-order valence-electron chi connectivity index (χ2n) is 3.54. The second-order valence-corrected chi connectivity index (χ2v) is 3.54. The number of rotatable bonds is 4. The third-order valence-electron chi connectivity index (χ3n) is 2.20. The van der Waals surface area contributed by atoms with Crippen LogP contribution in [0.3, 0.4) is 0 Å². The van der Waals surface area contributed by atoms with Crippen LogP contribution < -0.4 is 11.1 Å². The summed E-state index contributed by atoms with van der Waals surface area (Å²) in [6, 6.07) is 8.36. The van der Waals surface area contributed by atoms with Crippen molar-refractivity contribution in [2.45, 2.75) is 19.0 Å². The fraction of sp³-hybridized carbons (Fsp3) is 0.231. The molecule has 1 unspecified atom stereocenters. The van der Waals surface area contributed by atoms with E-state index in [2.05, 4.69) is 11.2 Å². The zero-order chi connectivity index (χ0) is 12.7. The summed E-state index contributed by atoms with van der Waals surface area (Å²) in [6.45, 7) is 0.340. The maximum absolute atomic E-state index is 11.5. The van der Waals surface area contributed by atoms with Crippen LogP contribution in [0.5, 0.6) is 0 Å². The fourth-order valence-corrected chi connectivity index (χ4v) is 1.29. The van der Waals surface area contributed by atoms with Gasteiger partial charge in [0.25, 0.3) is 0 Å². The van der Waals surface area contributed by atoms with Crippen molar-refractivity contribution in [1.82, 2.24) is 5.32 Å². The molecule has 0 saturated heterocycles. The van der Waals surface area contributed by atoms with Gasteiger partial charge in [-0.3, -0.25) is 4.79 Å². The lowest BCUT2D eigenvalue weighted by Crippen LogP contribution is -2.39. The third-order valence-corrected chi connectivity index (χ3v) is 2.20. The minimum absolute atomic E-state index is 0.212. The number of nitriles is 1. The molecule has 1 aromatic carbocycles. The van der Waals surface area contributed by atoms with Gasteiger partial charge in [0.05, 0.1) is 17.7 Å². The normalized spacial score (nSPS) is 11.0. The SMILES string of the molecule is C#CCC(N)C(=O)NCc1cccc(C#N)c1. The molecule has 0 aliphatic carbocycles. The lowest BCUT2D eigenvalue weighted by atomic mass is 10.1. The van der Waals surface area contributed by atoms with Crippen LogP contribution in [0.2, 0.25) is 0 Å². The highest BCUT2D eigenvalue weighted by Gasteiger charge is 2.11. The fourth-order valence-electron chi connectivity index (χ4n) is 1.29. The van der Waals surface area contributed by atoms with Crippen LogP contribution in [0.1, 0.15) is 17.5 Å². The topological polar surface area (TPSA) is 78.9 Å². The first-order chi connectivity index (χ1) is 8.17. The molecule has 0 heterocycles. The Morgan fingerprint density at radius 3 is 3.00 bits per heavy atom.